The summed E-state index contributed by atoms with van der Waals surface area (Å²) in [4.78, 5) is 2.23. The maximum Gasteiger partial charge on any atom is 0.109 e. The summed E-state index contributed by atoms with van der Waals surface area (Å²) in [5.74, 6) is 0. The van der Waals surface area contributed by atoms with Crippen LogP contribution in [-0.2, 0) is 0 Å². The summed E-state index contributed by atoms with van der Waals surface area (Å²) in [5, 5.41) is 3.29. The molecule has 1 aliphatic rings. The van der Waals surface area contributed by atoms with Gasteiger partial charge in [0.15, 0.2) is 0 Å². The first-order valence-corrected chi connectivity index (χ1v) is 5.88. The molecule has 1 aromatic carbocycles. The van der Waals surface area contributed by atoms with E-state index in [9.17, 15) is 4.39 Å². The van der Waals surface area contributed by atoms with E-state index >= 15 is 0 Å². The van der Waals surface area contributed by atoms with Crippen LogP contribution in [0.15, 0.2) is 24.3 Å². The van der Waals surface area contributed by atoms with Crippen LogP contribution in [-0.4, -0.2) is 37.8 Å². The minimum atomic E-state index is -0.302. The number of aryl methyl sites for hydroxylation is 1. The molecule has 2 rings (SSSR count). The van der Waals surface area contributed by atoms with Crippen molar-refractivity contribution >= 4 is 12.4 Å². The fraction of sp³-hybridized carbons (Fsp3) is 0.538. The lowest BCUT2D eigenvalue weighted by Gasteiger charge is -2.33. The van der Waals surface area contributed by atoms with E-state index in [1.165, 1.54) is 5.56 Å². The molecule has 0 amide bonds. The highest BCUT2D eigenvalue weighted by atomic mass is 35.5. The first kappa shape index (κ1) is 14.4. The van der Waals surface area contributed by atoms with Crippen molar-refractivity contribution in [2.75, 3.05) is 32.9 Å². The van der Waals surface area contributed by atoms with Gasteiger partial charge in [0.25, 0.3) is 0 Å². The molecule has 0 saturated carbocycles. The molecule has 17 heavy (non-hydrogen) atoms. The Hall–Kier alpha value is -0.640. The minimum absolute atomic E-state index is 0. The topological polar surface area (TPSA) is 15.3 Å². The molecule has 0 aromatic heterocycles. The van der Waals surface area contributed by atoms with E-state index in [1.807, 2.05) is 12.1 Å². The van der Waals surface area contributed by atoms with Gasteiger partial charge in [0.2, 0.25) is 0 Å². The molecular weight excluding hydrogens is 239 g/mol. The van der Waals surface area contributed by atoms with Crippen LogP contribution in [0.2, 0.25) is 0 Å². The van der Waals surface area contributed by atoms with Crippen LogP contribution < -0.4 is 5.32 Å². The summed E-state index contributed by atoms with van der Waals surface area (Å²) < 4.78 is 13.2. The summed E-state index contributed by atoms with van der Waals surface area (Å²) in [7, 11) is 0. The molecular formula is C13H20ClFN2. The lowest BCUT2D eigenvalue weighted by molar-refractivity contribution is 0.147. The molecule has 1 saturated heterocycles. The highest BCUT2D eigenvalue weighted by molar-refractivity contribution is 5.85. The van der Waals surface area contributed by atoms with Crippen molar-refractivity contribution in [3.8, 4) is 0 Å². The largest absolute Gasteiger partial charge is 0.314 e. The zero-order chi connectivity index (χ0) is 11.4. The molecule has 4 heteroatoms. The van der Waals surface area contributed by atoms with Gasteiger partial charge in [-0.25, -0.2) is 4.39 Å². The third-order valence-corrected chi connectivity index (χ3v) is 3.17. The summed E-state index contributed by atoms with van der Waals surface area (Å²) in [6, 6.07) is 8.11. The molecule has 0 unspecified atom stereocenters. The van der Waals surface area contributed by atoms with Gasteiger partial charge in [0.05, 0.1) is 6.04 Å². The molecule has 96 valence electrons. The van der Waals surface area contributed by atoms with Crippen molar-refractivity contribution in [1.82, 2.24) is 10.2 Å². The normalized spacial score (nSPS) is 18.5. The molecule has 1 aliphatic heterocycles. The summed E-state index contributed by atoms with van der Waals surface area (Å²) in [6.07, 6.45) is 0. The van der Waals surface area contributed by atoms with Crippen LogP contribution in [0.5, 0.6) is 0 Å². The molecule has 0 spiro atoms. The third kappa shape index (κ3) is 3.66. The van der Waals surface area contributed by atoms with Crippen molar-refractivity contribution in [1.29, 1.82) is 0 Å². The van der Waals surface area contributed by atoms with Gasteiger partial charge < -0.3 is 5.32 Å². The SMILES string of the molecule is Cc1cccc([C@@H](CF)N2CCNCC2)c1.Cl. The molecule has 1 N–H and O–H groups in total. The smallest absolute Gasteiger partial charge is 0.109 e. The number of benzene rings is 1. The maximum absolute atomic E-state index is 13.2. The van der Waals surface area contributed by atoms with Crippen molar-refractivity contribution < 1.29 is 4.39 Å². The fourth-order valence-electron chi connectivity index (χ4n) is 2.27. The summed E-state index contributed by atoms with van der Waals surface area (Å²) in [5.41, 5.74) is 2.30. The van der Waals surface area contributed by atoms with Gasteiger partial charge in [-0.3, -0.25) is 4.90 Å². The van der Waals surface area contributed by atoms with E-state index in [0.29, 0.717) is 0 Å². The average Bonchev–Trinajstić information content (AvgIpc) is 2.31. The third-order valence-electron chi connectivity index (χ3n) is 3.17. The van der Waals surface area contributed by atoms with Gasteiger partial charge in [-0.05, 0) is 12.5 Å². The van der Waals surface area contributed by atoms with Gasteiger partial charge in [0.1, 0.15) is 6.67 Å². The second-order valence-corrected chi connectivity index (χ2v) is 4.37. The van der Waals surface area contributed by atoms with E-state index in [-0.39, 0.29) is 25.1 Å². The maximum atomic E-state index is 13.2. The van der Waals surface area contributed by atoms with Crippen LogP contribution in [0.1, 0.15) is 17.2 Å². The van der Waals surface area contributed by atoms with Crippen molar-refractivity contribution in [2.45, 2.75) is 13.0 Å². The van der Waals surface area contributed by atoms with Gasteiger partial charge in [-0.1, -0.05) is 29.8 Å². The fourth-order valence-corrected chi connectivity index (χ4v) is 2.27. The minimum Gasteiger partial charge on any atom is -0.314 e. The Morgan fingerprint density at radius 3 is 2.65 bits per heavy atom. The van der Waals surface area contributed by atoms with E-state index in [0.717, 1.165) is 31.7 Å². The summed E-state index contributed by atoms with van der Waals surface area (Å²) in [6.45, 7) is 5.54. The first-order valence-electron chi connectivity index (χ1n) is 5.88. The number of rotatable bonds is 3. The number of alkyl halides is 1. The zero-order valence-electron chi connectivity index (χ0n) is 10.2. The molecule has 1 heterocycles. The predicted molar refractivity (Wildman–Crippen MR) is 71.6 cm³/mol. The summed E-state index contributed by atoms with van der Waals surface area (Å²) >= 11 is 0. The molecule has 1 atom stereocenters. The van der Waals surface area contributed by atoms with Crippen molar-refractivity contribution in [3.05, 3.63) is 35.4 Å². The Balaban J connectivity index is 0.00000144. The predicted octanol–water partition coefficient (Wildman–Crippen LogP) is 2.33. The highest BCUT2D eigenvalue weighted by Gasteiger charge is 2.21. The second kappa shape index (κ2) is 6.94. The monoisotopic (exact) mass is 258 g/mol. The molecule has 1 fully saturated rings. The number of halogens is 2. The van der Waals surface area contributed by atoms with Gasteiger partial charge in [0, 0.05) is 26.2 Å². The second-order valence-electron chi connectivity index (χ2n) is 4.37. The van der Waals surface area contributed by atoms with E-state index in [4.69, 9.17) is 0 Å². The lowest BCUT2D eigenvalue weighted by atomic mass is 10.0. The highest BCUT2D eigenvalue weighted by Crippen LogP contribution is 2.22. The van der Waals surface area contributed by atoms with E-state index in [2.05, 4.69) is 29.3 Å². The van der Waals surface area contributed by atoms with E-state index < -0.39 is 0 Å². The van der Waals surface area contributed by atoms with Crippen LogP contribution in [0, 0.1) is 6.92 Å². The molecule has 2 nitrogen and oxygen atoms in total. The van der Waals surface area contributed by atoms with Crippen molar-refractivity contribution in [3.63, 3.8) is 0 Å². The number of piperazine rings is 1. The van der Waals surface area contributed by atoms with Crippen LogP contribution in [0.3, 0.4) is 0 Å². The van der Waals surface area contributed by atoms with Crippen LogP contribution in [0.4, 0.5) is 4.39 Å². The Morgan fingerprint density at radius 2 is 2.06 bits per heavy atom. The van der Waals surface area contributed by atoms with Crippen LogP contribution >= 0.6 is 12.4 Å². The molecule has 1 aromatic rings. The number of hydrogen-bond acceptors (Lipinski definition) is 2. The van der Waals surface area contributed by atoms with Crippen LogP contribution in [0.25, 0.3) is 0 Å². The number of hydrogen-bond donors (Lipinski definition) is 1. The van der Waals surface area contributed by atoms with Gasteiger partial charge in [-0.15, -0.1) is 12.4 Å². The Bertz CT molecular complexity index is 340. The van der Waals surface area contributed by atoms with E-state index in [1.54, 1.807) is 0 Å². The van der Waals surface area contributed by atoms with Gasteiger partial charge >= 0.3 is 0 Å². The van der Waals surface area contributed by atoms with Gasteiger partial charge in [-0.2, -0.15) is 0 Å². The first-order chi connectivity index (χ1) is 7.81. The Labute approximate surface area is 109 Å². The lowest BCUT2D eigenvalue weighted by Crippen LogP contribution is -2.45. The Morgan fingerprint density at radius 1 is 1.35 bits per heavy atom. The quantitative estimate of drug-likeness (QED) is 0.895. The number of nitrogens with one attached hydrogen (secondary N) is 1. The van der Waals surface area contributed by atoms with Crippen molar-refractivity contribution in [2.24, 2.45) is 0 Å². The molecule has 0 radical (unpaired) electrons. The Kier molecular flexibility index (Phi) is 5.89. The standard InChI is InChI=1S/C13H19FN2.ClH/c1-11-3-2-4-12(9-11)13(10-14)16-7-5-15-6-8-16;/h2-4,9,13,15H,5-8,10H2,1H3;1H/t13-;/m1./s1. The molecule has 0 bridgehead atoms. The average molecular weight is 259 g/mol. The zero-order valence-corrected chi connectivity index (χ0v) is 11.0. The number of nitrogens with zero attached hydrogens (tertiary/aromatic N) is 1. The molecule has 0 aliphatic carbocycles.